The predicted molar refractivity (Wildman–Crippen MR) is 106 cm³/mol. The molecule has 0 saturated heterocycles. The monoisotopic (exact) mass is 370 g/mol. The summed E-state index contributed by atoms with van der Waals surface area (Å²) < 4.78 is 0. The van der Waals surface area contributed by atoms with Crippen LogP contribution in [0.5, 0.6) is 0 Å². The number of anilines is 1. The van der Waals surface area contributed by atoms with E-state index >= 15 is 0 Å². The van der Waals surface area contributed by atoms with Crippen LogP contribution in [-0.2, 0) is 16.1 Å². The molecule has 0 bridgehead atoms. The highest BCUT2D eigenvalue weighted by Gasteiger charge is 2.42. The van der Waals surface area contributed by atoms with Gasteiger partial charge in [-0.05, 0) is 29.3 Å². The lowest BCUT2D eigenvalue weighted by Gasteiger charge is -2.14. The van der Waals surface area contributed by atoms with Gasteiger partial charge in [-0.25, -0.2) is 0 Å². The van der Waals surface area contributed by atoms with Crippen molar-refractivity contribution in [2.45, 2.75) is 6.54 Å². The Morgan fingerprint density at radius 3 is 2.36 bits per heavy atom. The first-order chi connectivity index (χ1) is 13.7. The molecule has 0 spiro atoms. The van der Waals surface area contributed by atoms with Crippen molar-refractivity contribution in [3.63, 3.8) is 0 Å². The third-order valence-corrected chi connectivity index (χ3v) is 4.46. The highest BCUT2D eigenvalue weighted by Crippen LogP contribution is 2.26. The van der Waals surface area contributed by atoms with Crippen LogP contribution in [0.4, 0.5) is 5.69 Å². The normalized spacial score (nSPS) is 16.0. The molecule has 0 fully saturated rings. The van der Waals surface area contributed by atoms with Crippen LogP contribution in [-0.4, -0.2) is 22.5 Å². The topological polar surface area (TPSA) is 74.7 Å². The Labute approximate surface area is 162 Å². The van der Waals surface area contributed by atoms with Gasteiger partial charge in [0, 0.05) is 18.9 Å². The maximum atomic E-state index is 13.1. The van der Waals surface area contributed by atoms with Gasteiger partial charge in [0.25, 0.3) is 5.91 Å². The minimum atomic E-state index is -1.00. The lowest BCUT2D eigenvalue weighted by molar-refractivity contribution is -0.130. The molecule has 6 nitrogen and oxygen atoms in total. The first-order valence-electron chi connectivity index (χ1n) is 8.93. The van der Waals surface area contributed by atoms with Gasteiger partial charge < -0.3 is 5.32 Å². The third kappa shape index (κ3) is 3.53. The van der Waals surface area contributed by atoms with E-state index in [1.807, 2.05) is 54.6 Å². The Balaban J connectivity index is 1.63. The fourth-order valence-corrected chi connectivity index (χ4v) is 3.07. The Morgan fingerprint density at radius 1 is 0.964 bits per heavy atom. The molecule has 3 aromatic rings. The molecule has 1 atom stereocenters. The van der Waals surface area contributed by atoms with Crippen molar-refractivity contribution in [2.24, 2.45) is 11.0 Å². The molecule has 28 heavy (non-hydrogen) atoms. The molecule has 0 aliphatic carbocycles. The number of carbonyl (C=O) groups excluding carboxylic acids is 2. The lowest BCUT2D eigenvalue weighted by Crippen LogP contribution is -2.40. The van der Waals surface area contributed by atoms with Gasteiger partial charge in [-0.2, -0.15) is 10.1 Å². The minimum absolute atomic E-state index is 0.295. The molecule has 1 unspecified atom stereocenters. The zero-order valence-electron chi connectivity index (χ0n) is 15.0. The zero-order valence-corrected chi connectivity index (χ0v) is 15.0. The van der Waals surface area contributed by atoms with E-state index in [1.165, 1.54) is 5.01 Å². The molecule has 1 aliphatic heterocycles. The van der Waals surface area contributed by atoms with E-state index in [-0.39, 0.29) is 11.8 Å². The summed E-state index contributed by atoms with van der Waals surface area (Å²) in [5, 5.41) is 8.63. The summed E-state index contributed by atoms with van der Waals surface area (Å²) in [6.07, 6.45) is 3.35. The van der Waals surface area contributed by atoms with Crippen LogP contribution in [0.1, 0.15) is 11.1 Å². The van der Waals surface area contributed by atoms with Crippen LogP contribution >= 0.6 is 0 Å². The van der Waals surface area contributed by atoms with Crippen molar-refractivity contribution in [1.82, 2.24) is 10.3 Å². The highest BCUT2D eigenvalue weighted by molar-refractivity contribution is 6.31. The standard InChI is InChI=1S/C22H18N4O2/c27-21(24-15-16-8-7-13-23-14-16)19-20(17-9-3-1-4-10-17)25-26(22(19)28)18-11-5-2-6-12-18/h1-14,19H,15H2,(H,24,27). The number of para-hydroxylation sites is 1. The van der Waals surface area contributed by atoms with E-state index in [9.17, 15) is 9.59 Å². The fraction of sp³-hybridized carbons (Fsp3) is 0.0909. The molecular formula is C22H18N4O2. The molecule has 4 rings (SSSR count). The molecular weight excluding hydrogens is 352 g/mol. The number of benzene rings is 2. The Hall–Kier alpha value is -3.80. The first-order valence-corrected chi connectivity index (χ1v) is 8.93. The van der Waals surface area contributed by atoms with Crippen LogP contribution in [0, 0.1) is 5.92 Å². The largest absolute Gasteiger partial charge is 0.351 e. The summed E-state index contributed by atoms with van der Waals surface area (Å²) in [6, 6.07) is 22.1. The molecule has 2 heterocycles. The van der Waals surface area contributed by atoms with Crippen LogP contribution in [0.3, 0.4) is 0 Å². The molecule has 1 N–H and O–H groups in total. The van der Waals surface area contributed by atoms with Gasteiger partial charge in [0.1, 0.15) is 0 Å². The second-order valence-electron chi connectivity index (χ2n) is 6.35. The van der Waals surface area contributed by atoms with Gasteiger partial charge in [0.2, 0.25) is 5.91 Å². The second kappa shape index (κ2) is 7.84. The summed E-state index contributed by atoms with van der Waals surface area (Å²) in [4.78, 5) is 30.0. The summed E-state index contributed by atoms with van der Waals surface area (Å²) in [6.45, 7) is 0.295. The van der Waals surface area contributed by atoms with Crippen molar-refractivity contribution < 1.29 is 9.59 Å². The third-order valence-electron chi connectivity index (χ3n) is 4.46. The fourth-order valence-electron chi connectivity index (χ4n) is 3.07. The van der Waals surface area contributed by atoms with E-state index in [0.29, 0.717) is 17.9 Å². The smallest absolute Gasteiger partial charge is 0.266 e. The van der Waals surface area contributed by atoms with Crippen LogP contribution < -0.4 is 10.3 Å². The van der Waals surface area contributed by atoms with Gasteiger partial charge in [-0.15, -0.1) is 0 Å². The maximum absolute atomic E-state index is 13.1. The Kier molecular flexibility index (Phi) is 4.93. The predicted octanol–water partition coefficient (Wildman–Crippen LogP) is 2.77. The average molecular weight is 370 g/mol. The Bertz CT molecular complexity index is 1000. The minimum Gasteiger partial charge on any atom is -0.351 e. The molecule has 138 valence electrons. The maximum Gasteiger partial charge on any atom is 0.266 e. The number of pyridine rings is 1. The van der Waals surface area contributed by atoms with Crippen molar-refractivity contribution in [1.29, 1.82) is 0 Å². The number of hydrogen-bond acceptors (Lipinski definition) is 4. The van der Waals surface area contributed by atoms with Gasteiger partial charge in [-0.1, -0.05) is 54.6 Å². The number of aromatic nitrogens is 1. The number of amides is 2. The number of nitrogens with one attached hydrogen (secondary N) is 1. The van der Waals surface area contributed by atoms with E-state index in [4.69, 9.17) is 0 Å². The van der Waals surface area contributed by atoms with Gasteiger partial charge in [0.15, 0.2) is 5.92 Å². The van der Waals surface area contributed by atoms with E-state index in [2.05, 4.69) is 15.4 Å². The lowest BCUT2D eigenvalue weighted by atomic mass is 9.96. The number of hydrogen-bond donors (Lipinski definition) is 1. The van der Waals surface area contributed by atoms with E-state index < -0.39 is 5.92 Å². The zero-order chi connectivity index (χ0) is 19.3. The van der Waals surface area contributed by atoms with Crippen molar-refractivity contribution in [3.8, 4) is 0 Å². The average Bonchev–Trinajstić information content (AvgIpc) is 3.11. The Morgan fingerprint density at radius 2 is 1.68 bits per heavy atom. The second-order valence-corrected chi connectivity index (χ2v) is 6.35. The summed E-state index contributed by atoms with van der Waals surface area (Å²) in [7, 11) is 0. The molecule has 1 aromatic heterocycles. The SMILES string of the molecule is O=C(NCc1cccnc1)C1C(=O)N(c2ccccc2)N=C1c1ccccc1. The van der Waals surface area contributed by atoms with Gasteiger partial charge in [0.05, 0.1) is 11.4 Å². The van der Waals surface area contributed by atoms with Crippen molar-refractivity contribution in [2.75, 3.05) is 5.01 Å². The number of nitrogens with zero attached hydrogens (tertiary/aromatic N) is 3. The number of rotatable bonds is 5. The van der Waals surface area contributed by atoms with Crippen LogP contribution in [0.25, 0.3) is 0 Å². The van der Waals surface area contributed by atoms with Crippen LogP contribution in [0.2, 0.25) is 0 Å². The van der Waals surface area contributed by atoms with E-state index in [0.717, 1.165) is 11.1 Å². The first kappa shape index (κ1) is 17.6. The highest BCUT2D eigenvalue weighted by atomic mass is 16.2. The molecule has 6 heteroatoms. The number of carbonyl (C=O) groups is 2. The molecule has 1 aliphatic rings. The molecule has 2 amide bonds. The van der Waals surface area contributed by atoms with Gasteiger partial charge >= 0.3 is 0 Å². The molecule has 0 radical (unpaired) electrons. The molecule has 0 saturated carbocycles. The number of hydrazone groups is 1. The van der Waals surface area contributed by atoms with E-state index in [1.54, 1.807) is 30.6 Å². The summed E-state index contributed by atoms with van der Waals surface area (Å²) in [5.41, 5.74) is 2.68. The quantitative estimate of drug-likeness (QED) is 0.702. The molecule has 2 aromatic carbocycles. The van der Waals surface area contributed by atoms with Crippen molar-refractivity contribution in [3.05, 3.63) is 96.3 Å². The van der Waals surface area contributed by atoms with Crippen molar-refractivity contribution >= 4 is 23.2 Å². The van der Waals surface area contributed by atoms with Crippen LogP contribution in [0.15, 0.2) is 90.3 Å². The van der Waals surface area contributed by atoms with Gasteiger partial charge in [-0.3, -0.25) is 14.6 Å². The summed E-state index contributed by atoms with van der Waals surface area (Å²) >= 11 is 0. The summed E-state index contributed by atoms with van der Waals surface area (Å²) in [5.74, 6) is -1.75.